The highest BCUT2D eigenvalue weighted by Gasteiger charge is 2.18. The lowest BCUT2D eigenvalue weighted by molar-refractivity contribution is 0.414. The van der Waals surface area contributed by atoms with Crippen LogP contribution in [0, 0.1) is 22.7 Å². The summed E-state index contributed by atoms with van der Waals surface area (Å²) in [5.74, 6) is 0.848. The Labute approximate surface area is 148 Å². The molecule has 1 aliphatic carbocycles. The summed E-state index contributed by atoms with van der Waals surface area (Å²) in [7, 11) is 1.67. The van der Waals surface area contributed by atoms with Gasteiger partial charge in [0, 0.05) is 23.5 Å². The van der Waals surface area contributed by atoms with Crippen LogP contribution in [-0.4, -0.2) is 13.7 Å². The van der Waals surface area contributed by atoms with Gasteiger partial charge < -0.3 is 9.64 Å². The summed E-state index contributed by atoms with van der Waals surface area (Å²) in [6, 6.07) is 10.0. The predicted molar refractivity (Wildman–Crippen MR) is 98.7 cm³/mol. The molecule has 4 nitrogen and oxygen atoms in total. The van der Waals surface area contributed by atoms with E-state index in [1.54, 1.807) is 7.11 Å². The molecular formula is C21H19N3O. The van der Waals surface area contributed by atoms with Gasteiger partial charge in [-0.05, 0) is 61.3 Å². The molecule has 0 saturated heterocycles. The van der Waals surface area contributed by atoms with Crippen molar-refractivity contribution in [2.75, 3.05) is 18.6 Å². The molecule has 0 radical (unpaired) electrons. The number of hydrogen-bond acceptors (Lipinski definition) is 4. The molecule has 25 heavy (non-hydrogen) atoms. The third-order valence-corrected chi connectivity index (χ3v) is 4.51. The van der Waals surface area contributed by atoms with Crippen molar-refractivity contribution in [2.24, 2.45) is 0 Å². The van der Waals surface area contributed by atoms with E-state index in [1.165, 1.54) is 0 Å². The van der Waals surface area contributed by atoms with Gasteiger partial charge in [0.25, 0.3) is 0 Å². The Kier molecular flexibility index (Phi) is 4.73. The molecule has 1 heterocycles. The summed E-state index contributed by atoms with van der Waals surface area (Å²) in [5, 5.41) is 18.0. The molecule has 3 rings (SSSR count). The number of anilines is 1. The summed E-state index contributed by atoms with van der Waals surface area (Å²) in [6.07, 6.45) is 9.92. The quantitative estimate of drug-likeness (QED) is 0.766. The van der Waals surface area contributed by atoms with E-state index in [2.05, 4.69) is 36.1 Å². The van der Waals surface area contributed by atoms with E-state index in [0.29, 0.717) is 0 Å². The SMILES string of the molecule is CCN1/C(=C/C2=CC(=C(C#N)C#N)CC2)C=Cc2cc(OC)ccc21. The second kappa shape index (κ2) is 7.11. The summed E-state index contributed by atoms with van der Waals surface area (Å²) < 4.78 is 5.31. The Balaban J connectivity index is 1.96. The number of nitrogens with zero attached hydrogens (tertiary/aromatic N) is 3. The lowest BCUT2D eigenvalue weighted by atomic mass is 10.0. The van der Waals surface area contributed by atoms with E-state index in [4.69, 9.17) is 15.3 Å². The van der Waals surface area contributed by atoms with Crippen molar-refractivity contribution in [2.45, 2.75) is 19.8 Å². The largest absolute Gasteiger partial charge is 0.497 e. The number of rotatable bonds is 3. The van der Waals surface area contributed by atoms with Crippen LogP contribution in [0.5, 0.6) is 5.75 Å². The first-order chi connectivity index (χ1) is 12.2. The Bertz CT molecular complexity index is 888. The molecule has 0 aromatic heterocycles. The average Bonchev–Trinajstić information content (AvgIpc) is 3.10. The van der Waals surface area contributed by atoms with Crippen molar-refractivity contribution < 1.29 is 4.74 Å². The van der Waals surface area contributed by atoms with Gasteiger partial charge in [-0.1, -0.05) is 12.2 Å². The number of nitriles is 2. The van der Waals surface area contributed by atoms with E-state index in [1.807, 2.05) is 30.3 Å². The normalized spacial score (nSPS) is 17.0. The smallest absolute Gasteiger partial charge is 0.132 e. The molecule has 0 N–H and O–H groups in total. The number of likely N-dealkylation sites (N-methyl/N-ethyl adjacent to an activating group) is 1. The molecule has 0 atom stereocenters. The first kappa shape index (κ1) is 16.6. The summed E-state index contributed by atoms with van der Waals surface area (Å²) in [4.78, 5) is 2.26. The van der Waals surface area contributed by atoms with Crippen molar-refractivity contribution in [1.29, 1.82) is 10.5 Å². The van der Waals surface area contributed by atoms with Crippen LogP contribution in [0.4, 0.5) is 5.69 Å². The van der Waals surface area contributed by atoms with Crippen molar-refractivity contribution in [3.8, 4) is 17.9 Å². The van der Waals surface area contributed by atoms with Gasteiger partial charge in [0.1, 0.15) is 23.5 Å². The zero-order chi connectivity index (χ0) is 17.8. The van der Waals surface area contributed by atoms with Crippen LogP contribution in [0.3, 0.4) is 0 Å². The molecule has 0 saturated carbocycles. The van der Waals surface area contributed by atoms with Crippen molar-refractivity contribution >= 4 is 11.8 Å². The van der Waals surface area contributed by atoms with Gasteiger partial charge in [-0.2, -0.15) is 10.5 Å². The molecule has 0 unspecified atom stereocenters. The van der Waals surface area contributed by atoms with E-state index in [9.17, 15) is 0 Å². The molecule has 0 spiro atoms. The second-order valence-electron chi connectivity index (χ2n) is 5.91. The molecule has 124 valence electrons. The molecule has 0 amide bonds. The minimum absolute atomic E-state index is 0.220. The van der Waals surface area contributed by atoms with Gasteiger partial charge >= 0.3 is 0 Å². The van der Waals surface area contributed by atoms with Gasteiger partial charge in [-0.3, -0.25) is 0 Å². The van der Waals surface area contributed by atoms with Crippen LogP contribution in [0.15, 0.2) is 58.8 Å². The molecule has 4 heteroatoms. The highest BCUT2D eigenvalue weighted by atomic mass is 16.5. The minimum Gasteiger partial charge on any atom is -0.497 e. The monoisotopic (exact) mass is 329 g/mol. The van der Waals surface area contributed by atoms with E-state index < -0.39 is 0 Å². The fourth-order valence-corrected chi connectivity index (χ4v) is 3.24. The number of benzene rings is 1. The Hall–Kier alpha value is -3.24. The maximum atomic E-state index is 9.02. The van der Waals surface area contributed by atoms with Crippen LogP contribution in [0.25, 0.3) is 6.08 Å². The molecule has 2 aliphatic rings. The number of ether oxygens (including phenoxy) is 1. The zero-order valence-electron chi connectivity index (χ0n) is 14.4. The van der Waals surface area contributed by atoms with Crippen LogP contribution < -0.4 is 9.64 Å². The molecule has 0 fully saturated rings. The third-order valence-electron chi connectivity index (χ3n) is 4.51. The first-order valence-corrected chi connectivity index (χ1v) is 8.29. The van der Waals surface area contributed by atoms with Crippen LogP contribution in [0.1, 0.15) is 25.3 Å². The van der Waals surface area contributed by atoms with Crippen molar-refractivity contribution in [3.05, 3.63) is 64.4 Å². The maximum Gasteiger partial charge on any atom is 0.132 e. The highest BCUT2D eigenvalue weighted by Crippen LogP contribution is 2.35. The summed E-state index contributed by atoms with van der Waals surface area (Å²) in [6.45, 7) is 2.98. The van der Waals surface area contributed by atoms with Gasteiger partial charge in [-0.15, -0.1) is 0 Å². The molecule has 1 aromatic carbocycles. The van der Waals surface area contributed by atoms with Crippen LogP contribution in [-0.2, 0) is 0 Å². The van der Waals surface area contributed by atoms with Gasteiger partial charge in [0.15, 0.2) is 0 Å². The number of fused-ring (bicyclic) bond motifs is 1. The Morgan fingerprint density at radius 3 is 2.72 bits per heavy atom. The van der Waals surface area contributed by atoms with E-state index in [-0.39, 0.29) is 5.57 Å². The lowest BCUT2D eigenvalue weighted by Crippen LogP contribution is -2.23. The molecule has 0 bridgehead atoms. The third kappa shape index (κ3) is 3.20. The van der Waals surface area contributed by atoms with Gasteiger partial charge in [0.05, 0.1) is 7.11 Å². The van der Waals surface area contributed by atoms with Crippen LogP contribution in [0.2, 0.25) is 0 Å². The van der Waals surface area contributed by atoms with Gasteiger partial charge in [-0.25, -0.2) is 0 Å². The predicted octanol–water partition coefficient (Wildman–Crippen LogP) is 4.50. The summed E-state index contributed by atoms with van der Waals surface area (Å²) >= 11 is 0. The highest BCUT2D eigenvalue weighted by molar-refractivity contribution is 5.78. The van der Waals surface area contributed by atoms with Crippen molar-refractivity contribution in [1.82, 2.24) is 0 Å². The van der Waals surface area contributed by atoms with E-state index >= 15 is 0 Å². The average molecular weight is 329 g/mol. The minimum atomic E-state index is 0.220. The fraction of sp³-hybridized carbons (Fsp3) is 0.238. The standard InChI is InChI=1S/C21H19N3O/c1-3-24-19(7-6-17-12-20(25-2)8-9-21(17)24)11-15-4-5-16(10-15)18(13-22)14-23/h6-12H,3-5H2,1-2H3/b19-11+. The Morgan fingerprint density at radius 1 is 1.24 bits per heavy atom. The topological polar surface area (TPSA) is 60.0 Å². The number of methoxy groups -OCH3 is 1. The van der Waals surface area contributed by atoms with E-state index in [0.717, 1.165) is 53.2 Å². The molecular weight excluding hydrogens is 310 g/mol. The molecule has 1 aromatic rings. The van der Waals surface area contributed by atoms with Crippen molar-refractivity contribution in [3.63, 3.8) is 0 Å². The molecule has 1 aliphatic heterocycles. The number of hydrogen-bond donors (Lipinski definition) is 0. The van der Waals surface area contributed by atoms with Crippen LogP contribution >= 0.6 is 0 Å². The second-order valence-corrected chi connectivity index (χ2v) is 5.91. The zero-order valence-corrected chi connectivity index (χ0v) is 14.4. The summed E-state index contributed by atoms with van der Waals surface area (Å²) in [5.41, 5.74) is 5.61. The maximum absolute atomic E-state index is 9.02. The van der Waals surface area contributed by atoms with Gasteiger partial charge in [0.2, 0.25) is 0 Å². The number of allylic oxidation sites excluding steroid dienone is 6. The Morgan fingerprint density at radius 2 is 2.04 bits per heavy atom. The fourth-order valence-electron chi connectivity index (χ4n) is 3.24. The lowest BCUT2D eigenvalue weighted by Gasteiger charge is -2.29. The first-order valence-electron chi connectivity index (χ1n) is 8.29.